The third-order valence-electron chi connectivity index (χ3n) is 6.82. The monoisotopic (exact) mass is 426 g/mol. The van der Waals surface area contributed by atoms with Gasteiger partial charge in [0.15, 0.2) is 0 Å². The van der Waals surface area contributed by atoms with Crippen molar-refractivity contribution >= 4 is 10.9 Å². The average Bonchev–Trinajstić information content (AvgIpc) is 3.53. The van der Waals surface area contributed by atoms with Crippen molar-refractivity contribution < 1.29 is 4.74 Å². The van der Waals surface area contributed by atoms with Crippen LogP contribution in [-0.4, -0.2) is 51.1 Å². The highest BCUT2D eigenvalue weighted by molar-refractivity contribution is 5.81. The Morgan fingerprint density at radius 3 is 2.66 bits per heavy atom. The number of nitrogens with zero attached hydrogens (tertiary/aromatic N) is 4. The molecule has 0 spiro atoms. The minimum absolute atomic E-state index is 0.0406. The van der Waals surface area contributed by atoms with Crippen LogP contribution in [0.25, 0.3) is 27.7 Å². The normalized spacial score (nSPS) is 20.4. The predicted molar refractivity (Wildman–Crippen MR) is 125 cm³/mol. The maximum absolute atomic E-state index is 12.9. The van der Waals surface area contributed by atoms with Crippen molar-refractivity contribution in [2.45, 2.75) is 32.0 Å². The molecule has 2 bridgehead atoms. The number of aryl methyl sites for hydroxylation is 1. The molecule has 2 aromatic heterocycles. The first-order chi connectivity index (χ1) is 15.6. The van der Waals surface area contributed by atoms with Crippen molar-refractivity contribution in [2.75, 3.05) is 19.7 Å². The van der Waals surface area contributed by atoms with E-state index in [1.807, 2.05) is 30.6 Å². The first kappa shape index (κ1) is 19.5. The number of likely N-dealkylation sites (tertiary alicyclic amines) is 1. The van der Waals surface area contributed by atoms with Gasteiger partial charge in [-0.25, -0.2) is 0 Å². The number of aromatic nitrogens is 3. The summed E-state index contributed by atoms with van der Waals surface area (Å²) < 4.78 is 9.45. The van der Waals surface area contributed by atoms with Gasteiger partial charge in [0.1, 0.15) is 0 Å². The summed E-state index contributed by atoms with van der Waals surface area (Å²) in [5.41, 5.74) is 5.10. The van der Waals surface area contributed by atoms with Crippen LogP contribution in [0.4, 0.5) is 0 Å². The van der Waals surface area contributed by atoms with E-state index in [0.29, 0.717) is 12.1 Å². The van der Waals surface area contributed by atoms with Crippen molar-refractivity contribution in [3.05, 3.63) is 82.9 Å². The van der Waals surface area contributed by atoms with E-state index in [2.05, 4.69) is 51.9 Å². The number of hydrogen-bond acceptors (Lipinski definition) is 4. The van der Waals surface area contributed by atoms with E-state index in [1.165, 1.54) is 12.0 Å². The van der Waals surface area contributed by atoms with Crippen LogP contribution in [0.3, 0.4) is 0 Å². The minimum atomic E-state index is -0.0406. The van der Waals surface area contributed by atoms with Crippen molar-refractivity contribution in [1.82, 2.24) is 19.2 Å². The van der Waals surface area contributed by atoms with Gasteiger partial charge in [0.2, 0.25) is 0 Å². The van der Waals surface area contributed by atoms with Gasteiger partial charge in [-0.1, -0.05) is 29.8 Å². The van der Waals surface area contributed by atoms with Crippen LogP contribution < -0.4 is 5.56 Å². The summed E-state index contributed by atoms with van der Waals surface area (Å²) in [7, 11) is 0. The molecule has 0 N–H and O–H groups in total. The second-order valence-electron chi connectivity index (χ2n) is 8.94. The maximum atomic E-state index is 12.9. The molecule has 0 saturated carbocycles. The Morgan fingerprint density at radius 2 is 1.91 bits per heavy atom. The number of rotatable bonds is 5. The van der Waals surface area contributed by atoms with E-state index in [0.717, 1.165) is 54.0 Å². The van der Waals surface area contributed by atoms with Crippen molar-refractivity contribution in [3.8, 4) is 16.8 Å². The molecule has 2 aliphatic rings. The summed E-state index contributed by atoms with van der Waals surface area (Å²) in [4.78, 5) is 15.4. The number of fused-ring (bicyclic) bond motifs is 3. The highest BCUT2D eigenvalue weighted by Gasteiger charge is 2.38. The smallest absolute Gasteiger partial charge is 0.255 e. The zero-order valence-electron chi connectivity index (χ0n) is 18.1. The van der Waals surface area contributed by atoms with E-state index >= 15 is 0 Å². The highest BCUT2D eigenvalue weighted by atomic mass is 16.5. The first-order valence-corrected chi connectivity index (χ1v) is 11.3. The van der Waals surface area contributed by atoms with Crippen LogP contribution in [0.5, 0.6) is 0 Å². The SMILES string of the molecule is Cc1ccc(-c2ccn(-c3ccc4c(cnn4CCN4CC5CC4CO5)c3)c(=O)c2)cc1. The Kier molecular flexibility index (Phi) is 4.70. The zero-order chi connectivity index (χ0) is 21.7. The molecule has 2 aromatic carbocycles. The summed E-state index contributed by atoms with van der Waals surface area (Å²) in [6.07, 6.45) is 5.34. The lowest BCUT2D eigenvalue weighted by atomic mass is 10.1. The fourth-order valence-corrected chi connectivity index (χ4v) is 5.00. The van der Waals surface area contributed by atoms with Crippen LogP contribution >= 0.6 is 0 Å². The largest absolute Gasteiger partial charge is 0.375 e. The molecular weight excluding hydrogens is 400 g/mol. The number of pyridine rings is 1. The number of morpholine rings is 1. The Balaban J connectivity index is 1.23. The number of hydrogen-bond donors (Lipinski definition) is 0. The summed E-state index contributed by atoms with van der Waals surface area (Å²) >= 11 is 0. The topological polar surface area (TPSA) is 52.3 Å². The number of benzene rings is 2. The van der Waals surface area contributed by atoms with Gasteiger partial charge in [-0.3, -0.25) is 18.9 Å². The van der Waals surface area contributed by atoms with Gasteiger partial charge in [0, 0.05) is 42.5 Å². The van der Waals surface area contributed by atoms with Gasteiger partial charge in [-0.2, -0.15) is 5.10 Å². The molecule has 0 aliphatic carbocycles. The second kappa shape index (κ2) is 7.73. The Hall–Kier alpha value is -3.22. The minimum Gasteiger partial charge on any atom is -0.375 e. The zero-order valence-corrected chi connectivity index (χ0v) is 18.1. The lowest BCUT2D eigenvalue weighted by Gasteiger charge is -2.26. The Labute approximate surface area is 186 Å². The molecular formula is C26H26N4O2. The highest BCUT2D eigenvalue weighted by Crippen LogP contribution is 2.27. The molecule has 2 saturated heterocycles. The maximum Gasteiger partial charge on any atom is 0.255 e. The van der Waals surface area contributed by atoms with Crippen molar-refractivity contribution in [1.29, 1.82) is 0 Å². The molecule has 4 aromatic rings. The standard InChI is InChI=1S/C26H26N4O2/c1-18-2-4-19(5-3-18)20-8-9-29(26(31)13-20)22-6-7-25-21(12-22)15-27-30(25)11-10-28-16-24-14-23(28)17-32-24/h2-9,12-13,15,23-24H,10-11,14,16-17H2,1H3. The van der Waals surface area contributed by atoms with E-state index in [-0.39, 0.29) is 5.56 Å². The molecule has 2 fully saturated rings. The summed E-state index contributed by atoms with van der Waals surface area (Å²) in [6, 6.07) is 18.6. The van der Waals surface area contributed by atoms with E-state index in [4.69, 9.17) is 4.74 Å². The predicted octanol–water partition coefficient (Wildman–Crippen LogP) is 3.64. The molecule has 0 amide bonds. The fraction of sp³-hybridized carbons (Fsp3) is 0.308. The molecule has 162 valence electrons. The molecule has 32 heavy (non-hydrogen) atoms. The average molecular weight is 427 g/mol. The number of ether oxygens (including phenoxy) is 1. The van der Waals surface area contributed by atoms with Gasteiger partial charge in [-0.05, 0) is 48.7 Å². The van der Waals surface area contributed by atoms with E-state index in [9.17, 15) is 4.79 Å². The van der Waals surface area contributed by atoms with Crippen LogP contribution in [0.1, 0.15) is 12.0 Å². The van der Waals surface area contributed by atoms with Gasteiger partial charge >= 0.3 is 0 Å². The van der Waals surface area contributed by atoms with Gasteiger partial charge in [0.25, 0.3) is 5.56 Å². The molecule has 2 atom stereocenters. The van der Waals surface area contributed by atoms with Gasteiger partial charge in [-0.15, -0.1) is 0 Å². The molecule has 6 heteroatoms. The summed E-state index contributed by atoms with van der Waals surface area (Å²) in [6.45, 7) is 5.81. The first-order valence-electron chi connectivity index (χ1n) is 11.3. The molecule has 6 nitrogen and oxygen atoms in total. The third-order valence-corrected chi connectivity index (χ3v) is 6.82. The second-order valence-corrected chi connectivity index (χ2v) is 8.94. The van der Waals surface area contributed by atoms with Crippen LogP contribution in [0.2, 0.25) is 0 Å². The Morgan fingerprint density at radius 1 is 1.03 bits per heavy atom. The molecule has 4 heterocycles. The van der Waals surface area contributed by atoms with Gasteiger partial charge in [0.05, 0.1) is 31.0 Å². The molecule has 2 aliphatic heterocycles. The Bertz CT molecular complexity index is 1340. The van der Waals surface area contributed by atoms with Crippen LogP contribution in [0, 0.1) is 6.92 Å². The fourth-order valence-electron chi connectivity index (χ4n) is 5.00. The summed E-state index contributed by atoms with van der Waals surface area (Å²) in [5, 5.41) is 5.65. The van der Waals surface area contributed by atoms with E-state index in [1.54, 1.807) is 10.6 Å². The van der Waals surface area contributed by atoms with Crippen molar-refractivity contribution in [2.24, 2.45) is 0 Å². The lowest BCUT2D eigenvalue weighted by Crippen LogP contribution is -2.38. The third kappa shape index (κ3) is 3.45. The quantitative estimate of drug-likeness (QED) is 0.489. The molecule has 0 radical (unpaired) electrons. The lowest BCUT2D eigenvalue weighted by molar-refractivity contribution is 0.0291. The van der Waals surface area contributed by atoms with Crippen molar-refractivity contribution in [3.63, 3.8) is 0 Å². The van der Waals surface area contributed by atoms with Gasteiger partial charge < -0.3 is 4.74 Å². The summed E-state index contributed by atoms with van der Waals surface area (Å²) in [5.74, 6) is 0. The van der Waals surface area contributed by atoms with Crippen LogP contribution in [-0.2, 0) is 11.3 Å². The molecule has 2 unspecified atom stereocenters. The molecule has 6 rings (SSSR count). The van der Waals surface area contributed by atoms with Crippen LogP contribution in [0.15, 0.2) is 71.8 Å². The van der Waals surface area contributed by atoms with E-state index < -0.39 is 0 Å².